The van der Waals surface area contributed by atoms with Gasteiger partial charge in [-0.15, -0.1) is 13.2 Å². The van der Waals surface area contributed by atoms with Gasteiger partial charge in [0.25, 0.3) is 0 Å². The first-order valence-corrected chi connectivity index (χ1v) is 5.75. The summed E-state index contributed by atoms with van der Waals surface area (Å²) >= 11 is 2.98. The molecule has 0 aromatic heterocycles. The lowest BCUT2D eigenvalue weighted by atomic mass is 10.1. The maximum absolute atomic E-state index is 12.2. The van der Waals surface area contributed by atoms with Crippen LogP contribution in [0, 0.1) is 11.3 Å². The van der Waals surface area contributed by atoms with Crippen molar-refractivity contribution in [1.29, 1.82) is 5.26 Å². The molecule has 1 rings (SSSR count). The standard InChI is InChI=1S/C11H7BrF3NO3/c1-2-18-10(17)9-6(5-16)8(4-3-7(9)12)19-11(13,14)15/h3-4H,2H2,1H3. The molecule has 0 bridgehead atoms. The van der Waals surface area contributed by atoms with Gasteiger partial charge < -0.3 is 9.47 Å². The minimum Gasteiger partial charge on any atom is -0.462 e. The van der Waals surface area contributed by atoms with E-state index in [0.29, 0.717) is 0 Å². The van der Waals surface area contributed by atoms with Gasteiger partial charge in [0.2, 0.25) is 0 Å². The van der Waals surface area contributed by atoms with Gasteiger partial charge in [0.1, 0.15) is 17.4 Å². The van der Waals surface area contributed by atoms with E-state index in [-0.39, 0.29) is 16.6 Å². The molecule has 0 unspecified atom stereocenters. The minimum absolute atomic E-state index is 0.0283. The van der Waals surface area contributed by atoms with Gasteiger partial charge in [0.05, 0.1) is 12.2 Å². The second kappa shape index (κ2) is 5.93. The van der Waals surface area contributed by atoms with Crippen molar-refractivity contribution in [2.24, 2.45) is 0 Å². The summed E-state index contributed by atoms with van der Waals surface area (Å²) in [5, 5.41) is 8.91. The van der Waals surface area contributed by atoms with E-state index in [0.717, 1.165) is 6.07 Å². The molecule has 0 amide bonds. The lowest BCUT2D eigenvalue weighted by Crippen LogP contribution is -2.19. The van der Waals surface area contributed by atoms with Crippen LogP contribution >= 0.6 is 15.9 Å². The van der Waals surface area contributed by atoms with E-state index in [1.807, 2.05) is 0 Å². The molecular weight excluding hydrogens is 331 g/mol. The van der Waals surface area contributed by atoms with Crippen molar-refractivity contribution in [3.63, 3.8) is 0 Å². The second-order valence-electron chi connectivity index (χ2n) is 3.18. The highest BCUT2D eigenvalue weighted by Gasteiger charge is 2.33. The second-order valence-corrected chi connectivity index (χ2v) is 4.03. The highest BCUT2D eigenvalue weighted by atomic mass is 79.9. The summed E-state index contributed by atoms with van der Waals surface area (Å²) in [7, 11) is 0. The number of nitriles is 1. The van der Waals surface area contributed by atoms with E-state index in [1.54, 1.807) is 0 Å². The number of alkyl halides is 3. The zero-order chi connectivity index (χ0) is 14.6. The Balaban J connectivity index is 3.35. The summed E-state index contributed by atoms with van der Waals surface area (Å²) < 4.78 is 45.1. The molecule has 4 nitrogen and oxygen atoms in total. The Morgan fingerprint density at radius 1 is 1.47 bits per heavy atom. The summed E-state index contributed by atoms with van der Waals surface area (Å²) in [5.41, 5.74) is -0.837. The number of rotatable bonds is 3. The fourth-order valence-electron chi connectivity index (χ4n) is 1.28. The molecule has 0 saturated carbocycles. The number of ether oxygens (including phenoxy) is 2. The van der Waals surface area contributed by atoms with Crippen molar-refractivity contribution < 1.29 is 27.4 Å². The average molecular weight is 338 g/mol. The number of nitrogens with zero attached hydrogens (tertiary/aromatic N) is 1. The molecule has 0 fully saturated rings. The summed E-state index contributed by atoms with van der Waals surface area (Å²) in [6.45, 7) is 1.56. The Morgan fingerprint density at radius 3 is 2.58 bits per heavy atom. The van der Waals surface area contributed by atoms with E-state index >= 15 is 0 Å². The van der Waals surface area contributed by atoms with E-state index < -0.39 is 23.6 Å². The monoisotopic (exact) mass is 337 g/mol. The van der Waals surface area contributed by atoms with Gasteiger partial charge in [-0.25, -0.2) is 4.79 Å². The first-order valence-electron chi connectivity index (χ1n) is 4.95. The normalized spacial score (nSPS) is 10.7. The topological polar surface area (TPSA) is 59.3 Å². The summed E-state index contributed by atoms with van der Waals surface area (Å²) in [6.07, 6.45) is -4.95. The molecule has 0 saturated heterocycles. The molecule has 0 N–H and O–H groups in total. The Morgan fingerprint density at radius 2 is 2.11 bits per heavy atom. The quantitative estimate of drug-likeness (QED) is 0.793. The third-order valence-corrected chi connectivity index (χ3v) is 2.59. The van der Waals surface area contributed by atoms with Crippen LogP contribution in [0.5, 0.6) is 5.75 Å². The van der Waals surface area contributed by atoms with Crippen molar-refractivity contribution in [3.8, 4) is 11.8 Å². The molecule has 102 valence electrons. The van der Waals surface area contributed by atoms with E-state index in [1.165, 1.54) is 19.1 Å². The fraction of sp³-hybridized carbons (Fsp3) is 0.273. The highest BCUT2D eigenvalue weighted by molar-refractivity contribution is 9.10. The SMILES string of the molecule is CCOC(=O)c1c(Br)ccc(OC(F)(F)F)c1C#N. The molecule has 0 radical (unpaired) electrons. The lowest BCUT2D eigenvalue weighted by molar-refractivity contribution is -0.274. The predicted octanol–water partition coefficient (Wildman–Crippen LogP) is 3.40. The third kappa shape index (κ3) is 3.86. The molecule has 1 aromatic carbocycles. The number of carbonyl (C=O) groups excluding carboxylic acids is 1. The number of carbonyl (C=O) groups is 1. The van der Waals surface area contributed by atoms with Crippen LogP contribution in [-0.4, -0.2) is 18.9 Å². The van der Waals surface area contributed by atoms with Crippen molar-refractivity contribution >= 4 is 21.9 Å². The fourth-order valence-corrected chi connectivity index (χ4v) is 1.77. The summed E-state index contributed by atoms with van der Waals surface area (Å²) in [4.78, 5) is 11.6. The van der Waals surface area contributed by atoms with Crippen LogP contribution in [0.25, 0.3) is 0 Å². The van der Waals surface area contributed by atoms with Crippen molar-refractivity contribution in [2.75, 3.05) is 6.61 Å². The van der Waals surface area contributed by atoms with Crippen LogP contribution in [0.2, 0.25) is 0 Å². The first kappa shape index (κ1) is 15.3. The van der Waals surface area contributed by atoms with Crippen molar-refractivity contribution in [1.82, 2.24) is 0 Å². The maximum Gasteiger partial charge on any atom is 0.573 e. The molecule has 8 heteroatoms. The number of hydrogen-bond donors (Lipinski definition) is 0. The van der Waals surface area contributed by atoms with Crippen LogP contribution in [0.15, 0.2) is 16.6 Å². The Bertz CT molecular complexity index is 537. The molecule has 1 aromatic rings. The van der Waals surface area contributed by atoms with Gasteiger partial charge in [-0.2, -0.15) is 5.26 Å². The Hall–Kier alpha value is -1.75. The summed E-state index contributed by atoms with van der Waals surface area (Å²) in [6, 6.07) is 3.63. The smallest absolute Gasteiger partial charge is 0.462 e. The Kier molecular flexibility index (Phi) is 4.78. The molecule has 19 heavy (non-hydrogen) atoms. The van der Waals surface area contributed by atoms with Gasteiger partial charge in [0, 0.05) is 4.47 Å². The van der Waals surface area contributed by atoms with Crippen LogP contribution in [0.1, 0.15) is 22.8 Å². The number of benzene rings is 1. The van der Waals surface area contributed by atoms with Crippen molar-refractivity contribution in [3.05, 3.63) is 27.7 Å². The van der Waals surface area contributed by atoms with Gasteiger partial charge in [0.15, 0.2) is 0 Å². The predicted molar refractivity (Wildman–Crippen MR) is 61.5 cm³/mol. The van der Waals surface area contributed by atoms with E-state index in [9.17, 15) is 18.0 Å². The average Bonchev–Trinajstić information content (AvgIpc) is 2.29. The van der Waals surface area contributed by atoms with Gasteiger partial charge in [-0.3, -0.25) is 0 Å². The van der Waals surface area contributed by atoms with Crippen LogP contribution < -0.4 is 4.74 Å². The molecular formula is C11H7BrF3NO3. The molecule has 0 atom stereocenters. The molecule has 0 aliphatic heterocycles. The third-order valence-electron chi connectivity index (χ3n) is 1.93. The largest absolute Gasteiger partial charge is 0.573 e. The van der Waals surface area contributed by atoms with Crippen LogP contribution in [-0.2, 0) is 4.74 Å². The van der Waals surface area contributed by atoms with Crippen molar-refractivity contribution in [2.45, 2.75) is 13.3 Å². The van der Waals surface area contributed by atoms with E-state index in [2.05, 4.69) is 25.4 Å². The minimum atomic E-state index is -4.95. The maximum atomic E-state index is 12.2. The highest BCUT2D eigenvalue weighted by Crippen LogP contribution is 2.32. The molecule has 0 aliphatic rings. The van der Waals surface area contributed by atoms with Gasteiger partial charge >= 0.3 is 12.3 Å². The van der Waals surface area contributed by atoms with E-state index in [4.69, 9.17) is 5.26 Å². The van der Waals surface area contributed by atoms with Crippen LogP contribution in [0.4, 0.5) is 13.2 Å². The number of hydrogen-bond acceptors (Lipinski definition) is 4. The zero-order valence-corrected chi connectivity index (χ0v) is 11.1. The molecule has 0 heterocycles. The van der Waals surface area contributed by atoms with Gasteiger partial charge in [-0.05, 0) is 35.0 Å². The number of halogens is 4. The number of esters is 1. The lowest BCUT2D eigenvalue weighted by Gasteiger charge is -2.13. The molecule has 0 aliphatic carbocycles. The summed E-state index contributed by atoms with van der Waals surface area (Å²) in [5.74, 6) is -1.65. The first-order chi connectivity index (χ1) is 8.80. The Labute approximate surface area is 114 Å². The van der Waals surface area contributed by atoms with Crippen LogP contribution in [0.3, 0.4) is 0 Å². The van der Waals surface area contributed by atoms with Gasteiger partial charge in [-0.1, -0.05) is 0 Å². The molecule has 0 spiro atoms. The zero-order valence-electron chi connectivity index (χ0n) is 9.55.